The predicted molar refractivity (Wildman–Crippen MR) is 68.8 cm³/mol. The van der Waals surface area contributed by atoms with Gasteiger partial charge in [0.25, 0.3) is 5.91 Å². The lowest BCUT2D eigenvalue weighted by molar-refractivity contribution is 0.0952. The van der Waals surface area contributed by atoms with E-state index in [0.717, 1.165) is 5.76 Å². The van der Waals surface area contributed by atoms with Crippen LogP contribution in [-0.4, -0.2) is 12.5 Å². The number of hydrogen-bond acceptors (Lipinski definition) is 2. The molecule has 0 saturated heterocycles. The van der Waals surface area contributed by atoms with Gasteiger partial charge in [0, 0.05) is 17.4 Å². The Morgan fingerprint density at radius 3 is 2.94 bits per heavy atom. The van der Waals surface area contributed by atoms with Gasteiger partial charge in [-0.3, -0.25) is 4.79 Å². The average Bonchev–Trinajstić information content (AvgIpc) is 2.85. The van der Waals surface area contributed by atoms with Crippen molar-refractivity contribution in [3.8, 4) is 0 Å². The van der Waals surface area contributed by atoms with Gasteiger partial charge in [0.1, 0.15) is 11.6 Å². The Morgan fingerprint density at radius 2 is 2.22 bits per heavy atom. The van der Waals surface area contributed by atoms with Gasteiger partial charge < -0.3 is 9.73 Å². The van der Waals surface area contributed by atoms with Gasteiger partial charge in [0.15, 0.2) is 0 Å². The zero-order valence-electron chi connectivity index (χ0n) is 9.45. The second-order valence-corrected chi connectivity index (χ2v) is 4.56. The van der Waals surface area contributed by atoms with E-state index >= 15 is 0 Å². The summed E-state index contributed by atoms with van der Waals surface area (Å²) in [5.41, 5.74) is 0.287. The molecule has 2 aromatic rings. The first-order chi connectivity index (χ1) is 8.66. The maximum absolute atomic E-state index is 13.0. The molecule has 0 radical (unpaired) electrons. The van der Waals surface area contributed by atoms with Crippen LogP contribution in [0.4, 0.5) is 4.39 Å². The molecular formula is C13H11BrFNO2. The Labute approximate surface area is 112 Å². The van der Waals surface area contributed by atoms with Crippen LogP contribution < -0.4 is 5.32 Å². The first-order valence-corrected chi connectivity index (χ1v) is 6.22. The standard InChI is InChI=1S/C13H11BrFNO2/c14-12-4-3-9(15)8-11(12)13(17)16-6-5-10-2-1-7-18-10/h1-4,7-8H,5-6H2,(H,16,17). The monoisotopic (exact) mass is 311 g/mol. The molecule has 94 valence electrons. The molecule has 0 aliphatic carbocycles. The maximum atomic E-state index is 13.0. The number of carbonyl (C=O) groups excluding carboxylic acids is 1. The van der Waals surface area contributed by atoms with Gasteiger partial charge in [-0.1, -0.05) is 0 Å². The van der Waals surface area contributed by atoms with Crippen molar-refractivity contribution in [2.24, 2.45) is 0 Å². The number of amides is 1. The zero-order valence-corrected chi connectivity index (χ0v) is 11.0. The van der Waals surface area contributed by atoms with Crippen LogP contribution in [0, 0.1) is 5.82 Å². The molecule has 0 saturated carbocycles. The van der Waals surface area contributed by atoms with Crippen LogP contribution in [0.2, 0.25) is 0 Å². The molecule has 1 heterocycles. The van der Waals surface area contributed by atoms with Crippen LogP contribution in [0.5, 0.6) is 0 Å². The van der Waals surface area contributed by atoms with E-state index in [2.05, 4.69) is 21.2 Å². The van der Waals surface area contributed by atoms with Crippen LogP contribution in [0.15, 0.2) is 45.5 Å². The average molecular weight is 312 g/mol. The number of carbonyl (C=O) groups is 1. The van der Waals surface area contributed by atoms with E-state index in [-0.39, 0.29) is 11.5 Å². The summed E-state index contributed by atoms with van der Waals surface area (Å²) in [5.74, 6) is 0.0518. The zero-order chi connectivity index (χ0) is 13.0. The Kier molecular flexibility index (Phi) is 4.15. The van der Waals surface area contributed by atoms with E-state index < -0.39 is 5.82 Å². The van der Waals surface area contributed by atoms with Gasteiger partial charge in [-0.05, 0) is 46.3 Å². The van der Waals surface area contributed by atoms with E-state index in [9.17, 15) is 9.18 Å². The summed E-state index contributed by atoms with van der Waals surface area (Å²) in [6.45, 7) is 0.440. The van der Waals surface area contributed by atoms with Crippen LogP contribution in [-0.2, 0) is 6.42 Å². The molecular weight excluding hydrogens is 301 g/mol. The highest BCUT2D eigenvalue weighted by atomic mass is 79.9. The fourth-order valence-electron chi connectivity index (χ4n) is 1.52. The smallest absolute Gasteiger partial charge is 0.252 e. The molecule has 0 bridgehead atoms. The van der Waals surface area contributed by atoms with Crippen molar-refractivity contribution in [2.45, 2.75) is 6.42 Å². The summed E-state index contributed by atoms with van der Waals surface area (Å²) in [6.07, 6.45) is 2.19. The quantitative estimate of drug-likeness (QED) is 0.942. The molecule has 0 fully saturated rings. The molecule has 0 aliphatic rings. The van der Waals surface area contributed by atoms with Crippen LogP contribution >= 0.6 is 15.9 Å². The summed E-state index contributed by atoms with van der Waals surface area (Å²) in [5, 5.41) is 2.71. The van der Waals surface area contributed by atoms with Crippen molar-refractivity contribution in [1.29, 1.82) is 0 Å². The third-order valence-electron chi connectivity index (χ3n) is 2.41. The number of hydrogen-bond donors (Lipinski definition) is 1. The number of nitrogens with one attached hydrogen (secondary N) is 1. The van der Waals surface area contributed by atoms with E-state index in [1.807, 2.05) is 6.07 Å². The maximum Gasteiger partial charge on any atom is 0.252 e. The molecule has 3 nitrogen and oxygen atoms in total. The van der Waals surface area contributed by atoms with Crippen molar-refractivity contribution >= 4 is 21.8 Å². The van der Waals surface area contributed by atoms with E-state index in [1.54, 1.807) is 12.3 Å². The van der Waals surface area contributed by atoms with Crippen molar-refractivity contribution < 1.29 is 13.6 Å². The predicted octanol–water partition coefficient (Wildman–Crippen LogP) is 3.15. The fourth-order valence-corrected chi connectivity index (χ4v) is 1.95. The number of halogens is 2. The largest absolute Gasteiger partial charge is 0.469 e. The minimum Gasteiger partial charge on any atom is -0.469 e. The van der Waals surface area contributed by atoms with Gasteiger partial charge in [-0.15, -0.1) is 0 Å². The topological polar surface area (TPSA) is 42.2 Å². The highest BCUT2D eigenvalue weighted by Gasteiger charge is 2.10. The number of rotatable bonds is 4. The lowest BCUT2D eigenvalue weighted by atomic mass is 10.2. The summed E-state index contributed by atoms with van der Waals surface area (Å²) in [6, 6.07) is 7.64. The molecule has 1 aromatic carbocycles. The number of benzene rings is 1. The molecule has 1 N–H and O–H groups in total. The molecule has 1 amide bonds. The molecule has 5 heteroatoms. The van der Waals surface area contributed by atoms with E-state index in [0.29, 0.717) is 17.4 Å². The minimum atomic E-state index is -0.436. The first-order valence-electron chi connectivity index (χ1n) is 5.42. The Balaban J connectivity index is 1.93. The van der Waals surface area contributed by atoms with Crippen LogP contribution in [0.3, 0.4) is 0 Å². The Bertz CT molecular complexity index is 540. The van der Waals surface area contributed by atoms with E-state index in [1.165, 1.54) is 18.2 Å². The lowest BCUT2D eigenvalue weighted by Gasteiger charge is -2.06. The van der Waals surface area contributed by atoms with Gasteiger partial charge >= 0.3 is 0 Å². The van der Waals surface area contributed by atoms with Crippen molar-refractivity contribution in [3.63, 3.8) is 0 Å². The summed E-state index contributed by atoms with van der Waals surface area (Å²) < 4.78 is 18.7. The van der Waals surface area contributed by atoms with Gasteiger partial charge in [-0.25, -0.2) is 4.39 Å². The SMILES string of the molecule is O=C(NCCc1ccco1)c1cc(F)ccc1Br. The lowest BCUT2D eigenvalue weighted by Crippen LogP contribution is -2.26. The van der Waals surface area contributed by atoms with Crippen LogP contribution in [0.25, 0.3) is 0 Å². The molecule has 18 heavy (non-hydrogen) atoms. The van der Waals surface area contributed by atoms with Gasteiger partial charge in [0.05, 0.1) is 11.8 Å². The summed E-state index contributed by atoms with van der Waals surface area (Å²) in [4.78, 5) is 11.8. The third-order valence-corrected chi connectivity index (χ3v) is 3.10. The van der Waals surface area contributed by atoms with Gasteiger partial charge in [0.2, 0.25) is 0 Å². The second-order valence-electron chi connectivity index (χ2n) is 3.71. The number of furan rings is 1. The van der Waals surface area contributed by atoms with Crippen molar-refractivity contribution in [1.82, 2.24) is 5.32 Å². The van der Waals surface area contributed by atoms with Crippen molar-refractivity contribution in [3.05, 3.63) is 58.2 Å². The molecule has 0 spiro atoms. The van der Waals surface area contributed by atoms with Gasteiger partial charge in [-0.2, -0.15) is 0 Å². The second kappa shape index (κ2) is 5.82. The van der Waals surface area contributed by atoms with Crippen molar-refractivity contribution in [2.75, 3.05) is 6.54 Å². The Hall–Kier alpha value is -1.62. The van der Waals surface area contributed by atoms with Crippen LogP contribution in [0.1, 0.15) is 16.1 Å². The van der Waals surface area contributed by atoms with E-state index in [4.69, 9.17) is 4.42 Å². The highest BCUT2D eigenvalue weighted by Crippen LogP contribution is 2.17. The normalized spacial score (nSPS) is 10.3. The molecule has 0 aliphatic heterocycles. The molecule has 2 rings (SSSR count). The third kappa shape index (κ3) is 3.20. The molecule has 0 unspecified atom stereocenters. The first kappa shape index (κ1) is 12.8. The summed E-state index contributed by atoms with van der Waals surface area (Å²) >= 11 is 3.22. The highest BCUT2D eigenvalue weighted by molar-refractivity contribution is 9.10. The fraction of sp³-hybridized carbons (Fsp3) is 0.154. The minimum absolute atomic E-state index is 0.287. The Morgan fingerprint density at radius 1 is 1.39 bits per heavy atom. The molecule has 0 atom stereocenters. The summed E-state index contributed by atoms with van der Waals surface area (Å²) in [7, 11) is 0. The molecule has 1 aromatic heterocycles.